The Hall–Kier alpha value is -3.09. The van der Waals surface area contributed by atoms with Crippen LogP contribution in [0.25, 0.3) is 0 Å². The minimum absolute atomic E-state index is 0.00308. The van der Waals surface area contributed by atoms with Crippen LogP contribution in [0.3, 0.4) is 0 Å². The summed E-state index contributed by atoms with van der Waals surface area (Å²) in [4.78, 5) is 16.3. The molecule has 1 aromatic heterocycles. The number of nitrogens with one attached hydrogen (secondary N) is 1. The monoisotopic (exact) mass is 403 g/mol. The van der Waals surface area contributed by atoms with Crippen LogP contribution in [0.5, 0.6) is 5.75 Å². The summed E-state index contributed by atoms with van der Waals surface area (Å²) in [7, 11) is -2.66. The van der Waals surface area contributed by atoms with Gasteiger partial charge in [-0.05, 0) is 51.1 Å². The molecule has 0 unspecified atom stereocenters. The normalized spacial score (nSPS) is 10.6. The van der Waals surface area contributed by atoms with Gasteiger partial charge in [-0.3, -0.25) is 19.3 Å². The van der Waals surface area contributed by atoms with Crippen molar-refractivity contribution in [3.8, 4) is 17.6 Å². The Balaban J connectivity index is 2.44. The molecule has 8 nitrogen and oxygen atoms in total. The molecule has 0 aliphatic carbocycles. The van der Waals surface area contributed by atoms with Crippen molar-refractivity contribution < 1.29 is 23.2 Å². The lowest BCUT2D eigenvalue weighted by atomic mass is 10.1. The molecule has 0 atom stereocenters. The number of benzene rings is 1. The molecular weight excluding hydrogens is 382 g/mol. The van der Waals surface area contributed by atoms with Crippen LogP contribution in [-0.2, 0) is 10.0 Å². The minimum atomic E-state index is -3.99. The van der Waals surface area contributed by atoms with Crippen LogP contribution in [-0.4, -0.2) is 38.2 Å². The molecular formula is C19H21N3O5S. The van der Waals surface area contributed by atoms with Gasteiger partial charge in [-0.2, -0.15) is 0 Å². The number of aryl methyl sites for hydroxylation is 2. The average molecular weight is 403 g/mol. The van der Waals surface area contributed by atoms with Gasteiger partial charge in [0.25, 0.3) is 15.9 Å². The van der Waals surface area contributed by atoms with E-state index in [1.54, 1.807) is 20.8 Å². The van der Waals surface area contributed by atoms with E-state index in [1.165, 1.54) is 42.9 Å². The quantitative estimate of drug-likeness (QED) is 0.434. The molecule has 148 valence electrons. The van der Waals surface area contributed by atoms with Crippen LogP contribution < -0.4 is 14.5 Å². The third-order valence-corrected chi connectivity index (χ3v) is 5.70. The molecule has 9 heteroatoms. The van der Waals surface area contributed by atoms with Gasteiger partial charge in [-0.1, -0.05) is 5.92 Å². The van der Waals surface area contributed by atoms with E-state index in [1.807, 2.05) is 0 Å². The highest BCUT2D eigenvalue weighted by Crippen LogP contribution is 2.29. The van der Waals surface area contributed by atoms with E-state index in [9.17, 15) is 13.2 Å². The van der Waals surface area contributed by atoms with Crippen molar-refractivity contribution in [2.75, 3.05) is 18.0 Å². The number of hydrogen-bond donors (Lipinski definition) is 2. The first-order valence-electron chi connectivity index (χ1n) is 8.26. The number of sulfonamides is 1. The Morgan fingerprint density at radius 2 is 1.93 bits per heavy atom. The maximum Gasteiger partial charge on any atom is 0.276 e. The van der Waals surface area contributed by atoms with Crippen molar-refractivity contribution in [1.82, 2.24) is 10.5 Å². The molecule has 2 aromatic rings. The maximum atomic E-state index is 13.0. The van der Waals surface area contributed by atoms with Gasteiger partial charge >= 0.3 is 0 Å². The fourth-order valence-electron chi connectivity index (χ4n) is 2.63. The lowest BCUT2D eigenvalue weighted by Crippen LogP contribution is -2.31. The predicted octanol–water partition coefficient (Wildman–Crippen LogP) is 2.04. The van der Waals surface area contributed by atoms with E-state index in [2.05, 4.69) is 16.8 Å². The minimum Gasteiger partial charge on any atom is -0.481 e. The molecule has 1 amide bonds. The number of rotatable bonds is 6. The van der Waals surface area contributed by atoms with Crippen LogP contribution in [0.1, 0.15) is 28.7 Å². The van der Waals surface area contributed by atoms with Crippen molar-refractivity contribution in [3.63, 3.8) is 0 Å². The molecule has 0 aliphatic rings. The molecule has 0 fully saturated rings. The van der Waals surface area contributed by atoms with E-state index in [0.29, 0.717) is 17.1 Å². The molecule has 0 saturated heterocycles. The van der Waals surface area contributed by atoms with Gasteiger partial charge in [0.05, 0.1) is 21.8 Å². The average Bonchev–Trinajstić information content (AvgIpc) is 2.67. The lowest BCUT2D eigenvalue weighted by molar-refractivity contribution is 0.0707. The van der Waals surface area contributed by atoms with Gasteiger partial charge in [0, 0.05) is 12.7 Å². The maximum absolute atomic E-state index is 13.0. The summed E-state index contributed by atoms with van der Waals surface area (Å²) in [6, 6.07) is 7.28. The van der Waals surface area contributed by atoms with Gasteiger partial charge < -0.3 is 4.74 Å². The third kappa shape index (κ3) is 4.42. The Kier molecular flexibility index (Phi) is 6.62. The van der Waals surface area contributed by atoms with E-state index in [4.69, 9.17) is 9.94 Å². The zero-order valence-electron chi connectivity index (χ0n) is 16.0. The smallest absolute Gasteiger partial charge is 0.276 e. The number of aromatic nitrogens is 1. The summed E-state index contributed by atoms with van der Waals surface area (Å²) in [5.41, 5.74) is 2.47. The summed E-state index contributed by atoms with van der Waals surface area (Å²) in [5.74, 6) is 5.11. The number of carbonyl (C=O) groups is 1. The Bertz CT molecular complexity index is 1040. The molecule has 0 saturated carbocycles. The zero-order chi connectivity index (χ0) is 20.9. The molecule has 1 heterocycles. The third-order valence-electron chi connectivity index (χ3n) is 3.93. The highest BCUT2D eigenvalue weighted by atomic mass is 32.2. The highest BCUT2D eigenvalue weighted by molar-refractivity contribution is 7.92. The molecule has 2 rings (SSSR count). The van der Waals surface area contributed by atoms with Crippen molar-refractivity contribution in [3.05, 3.63) is 47.3 Å². The molecule has 0 aliphatic heterocycles. The van der Waals surface area contributed by atoms with Crippen molar-refractivity contribution in [2.45, 2.75) is 25.7 Å². The van der Waals surface area contributed by atoms with Crippen molar-refractivity contribution >= 4 is 21.6 Å². The van der Waals surface area contributed by atoms with Crippen LogP contribution in [0, 0.1) is 25.7 Å². The number of hydrogen-bond acceptors (Lipinski definition) is 6. The summed E-state index contributed by atoms with van der Waals surface area (Å²) in [6.07, 6.45) is 0. The Morgan fingerprint density at radius 1 is 1.29 bits per heavy atom. The van der Waals surface area contributed by atoms with Crippen LogP contribution in [0.4, 0.5) is 5.69 Å². The van der Waals surface area contributed by atoms with Gasteiger partial charge in [0.1, 0.15) is 12.4 Å². The predicted molar refractivity (Wildman–Crippen MR) is 104 cm³/mol. The summed E-state index contributed by atoms with van der Waals surface area (Å²) in [6.45, 7) is 5.16. The van der Waals surface area contributed by atoms with Crippen molar-refractivity contribution in [1.29, 1.82) is 0 Å². The van der Waals surface area contributed by atoms with E-state index in [0.717, 1.165) is 4.31 Å². The SMILES string of the molecule is CC#CCOc1ccc(S(=O)(=O)N(C)c2c(C(=O)NO)cc(C)nc2C)cc1. The highest BCUT2D eigenvalue weighted by Gasteiger charge is 2.27. The molecule has 28 heavy (non-hydrogen) atoms. The molecule has 0 radical (unpaired) electrons. The zero-order valence-corrected chi connectivity index (χ0v) is 16.8. The molecule has 1 aromatic carbocycles. The number of amides is 1. The number of pyridine rings is 1. The largest absolute Gasteiger partial charge is 0.481 e. The Labute approximate surface area is 164 Å². The van der Waals surface area contributed by atoms with E-state index < -0.39 is 15.9 Å². The molecule has 2 N–H and O–H groups in total. The van der Waals surface area contributed by atoms with Gasteiger partial charge in [-0.15, -0.1) is 5.92 Å². The first kappa shape index (κ1) is 21.2. The summed E-state index contributed by atoms with van der Waals surface area (Å²) < 4.78 is 32.4. The Morgan fingerprint density at radius 3 is 2.50 bits per heavy atom. The standard InChI is InChI=1S/C19H21N3O5S/c1-5-6-11-27-15-7-9-16(10-8-15)28(25,26)22(4)18-14(3)20-13(2)12-17(18)19(23)21-24/h7-10,12,24H,11H2,1-4H3,(H,21,23). The van der Waals surface area contributed by atoms with E-state index >= 15 is 0 Å². The van der Waals surface area contributed by atoms with E-state index in [-0.39, 0.29) is 22.8 Å². The first-order chi connectivity index (χ1) is 13.2. The number of carbonyl (C=O) groups excluding carboxylic acids is 1. The number of ether oxygens (including phenoxy) is 1. The second-order valence-corrected chi connectivity index (χ2v) is 7.81. The number of nitrogens with zero attached hydrogens (tertiary/aromatic N) is 2. The summed E-state index contributed by atoms with van der Waals surface area (Å²) in [5, 5.41) is 9.00. The lowest BCUT2D eigenvalue weighted by Gasteiger charge is -2.23. The van der Waals surface area contributed by atoms with Crippen molar-refractivity contribution in [2.24, 2.45) is 0 Å². The topological polar surface area (TPSA) is 109 Å². The summed E-state index contributed by atoms with van der Waals surface area (Å²) >= 11 is 0. The fourth-order valence-corrected chi connectivity index (χ4v) is 3.90. The van der Waals surface area contributed by atoms with Gasteiger partial charge in [0.2, 0.25) is 0 Å². The van der Waals surface area contributed by atoms with Gasteiger partial charge in [-0.25, -0.2) is 13.9 Å². The second-order valence-electron chi connectivity index (χ2n) is 5.85. The first-order valence-corrected chi connectivity index (χ1v) is 9.70. The fraction of sp³-hybridized carbons (Fsp3) is 0.263. The number of anilines is 1. The molecule has 0 bridgehead atoms. The van der Waals surface area contributed by atoms with Crippen LogP contribution in [0.15, 0.2) is 35.2 Å². The van der Waals surface area contributed by atoms with Crippen LogP contribution in [0.2, 0.25) is 0 Å². The van der Waals surface area contributed by atoms with Gasteiger partial charge in [0.15, 0.2) is 0 Å². The van der Waals surface area contributed by atoms with Crippen LogP contribution >= 0.6 is 0 Å². The number of hydroxylamine groups is 1. The second kappa shape index (κ2) is 8.73. The molecule has 0 spiro atoms.